The Hall–Kier alpha value is -3.46. The zero-order chi connectivity index (χ0) is 19.1. The summed E-state index contributed by atoms with van der Waals surface area (Å²) in [5, 5.41) is 2.12. The van der Waals surface area contributed by atoms with Crippen molar-refractivity contribution in [3.8, 4) is 5.75 Å². The Balaban J connectivity index is 1.79. The summed E-state index contributed by atoms with van der Waals surface area (Å²) in [5.41, 5.74) is 0.0679. The van der Waals surface area contributed by atoms with Crippen LogP contribution in [0.2, 0.25) is 0 Å². The predicted molar refractivity (Wildman–Crippen MR) is 107 cm³/mol. The van der Waals surface area contributed by atoms with E-state index in [1.165, 1.54) is 18.2 Å². The molecular weight excluding hydrogens is 354 g/mol. The van der Waals surface area contributed by atoms with Gasteiger partial charge in [0.15, 0.2) is 5.60 Å². The lowest BCUT2D eigenvalue weighted by molar-refractivity contribution is 0.151. The van der Waals surface area contributed by atoms with Crippen LogP contribution in [0.3, 0.4) is 0 Å². The molecule has 0 N–H and O–H groups in total. The van der Waals surface area contributed by atoms with Gasteiger partial charge in [-0.2, -0.15) is 0 Å². The summed E-state index contributed by atoms with van der Waals surface area (Å²) in [6.45, 7) is 0. The van der Waals surface area contributed by atoms with Gasteiger partial charge in [-0.15, -0.1) is 0 Å². The first-order chi connectivity index (χ1) is 13.7. The topological polar surface area (TPSA) is 9.23 Å². The second kappa shape index (κ2) is 6.31. The van der Waals surface area contributed by atoms with E-state index in [-0.39, 0.29) is 5.56 Å². The average Bonchev–Trinajstić information content (AvgIpc) is 2.74. The summed E-state index contributed by atoms with van der Waals surface area (Å²) >= 11 is 0. The monoisotopic (exact) mass is 370 g/mol. The van der Waals surface area contributed by atoms with Crippen molar-refractivity contribution in [2.75, 3.05) is 0 Å². The first kappa shape index (κ1) is 16.7. The van der Waals surface area contributed by atoms with Crippen LogP contribution in [0.25, 0.3) is 16.8 Å². The zero-order valence-electron chi connectivity index (χ0n) is 14.9. The van der Waals surface area contributed by atoms with E-state index in [1.54, 1.807) is 6.08 Å². The van der Waals surface area contributed by atoms with Crippen LogP contribution in [0, 0.1) is 11.6 Å². The molecule has 0 radical (unpaired) electrons. The van der Waals surface area contributed by atoms with Crippen molar-refractivity contribution < 1.29 is 13.5 Å². The van der Waals surface area contributed by atoms with Gasteiger partial charge in [-0.05, 0) is 41.1 Å². The standard InChI is InChI=1S/C25H16F2O/c26-21-11-6-12-22(27)24(21)25(18-8-2-1-3-9-18)16-15-20-19-10-5-4-7-17(19)13-14-23(20)28-25/h1-16H. The van der Waals surface area contributed by atoms with Gasteiger partial charge in [-0.3, -0.25) is 0 Å². The molecule has 1 unspecified atom stereocenters. The number of hydrogen-bond donors (Lipinski definition) is 0. The molecule has 0 aliphatic carbocycles. The van der Waals surface area contributed by atoms with Crippen LogP contribution in [0.15, 0.2) is 91.0 Å². The minimum Gasteiger partial charge on any atom is -0.473 e. The van der Waals surface area contributed by atoms with Gasteiger partial charge < -0.3 is 4.74 Å². The maximum absolute atomic E-state index is 14.8. The van der Waals surface area contributed by atoms with Gasteiger partial charge in [0, 0.05) is 11.1 Å². The van der Waals surface area contributed by atoms with Gasteiger partial charge in [-0.1, -0.05) is 66.7 Å². The lowest BCUT2D eigenvalue weighted by atomic mass is 9.82. The number of rotatable bonds is 2. The average molecular weight is 370 g/mol. The molecule has 1 nitrogen and oxygen atoms in total. The second-order valence-corrected chi connectivity index (χ2v) is 6.83. The van der Waals surface area contributed by atoms with E-state index in [1.807, 2.05) is 72.8 Å². The van der Waals surface area contributed by atoms with Crippen LogP contribution in [0.1, 0.15) is 16.7 Å². The van der Waals surface area contributed by atoms with Gasteiger partial charge in [0.2, 0.25) is 0 Å². The fraction of sp³-hybridized carbons (Fsp3) is 0.0400. The first-order valence-corrected chi connectivity index (χ1v) is 9.09. The molecule has 0 fully saturated rings. The van der Waals surface area contributed by atoms with E-state index in [9.17, 15) is 8.78 Å². The number of halogens is 2. The smallest absolute Gasteiger partial charge is 0.183 e. The van der Waals surface area contributed by atoms with Crippen molar-refractivity contribution in [1.82, 2.24) is 0 Å². The molecule has 28 heavy (non-hydrogen) atoms. The Kier molecular flexibility index (Phi) is 3.76. The van der Waals surface area contributed by atoms with Crippen LogP contribution in [-0.4, -0.2) is 0 Å². The fourth-order valence-corrected chi connectivity index (χ4v) is 3.92. The summed E-state index contributed by atoms with van der Waals surface area (Å²) < 4.78 is 36.1. The Morgan fingerprint density at radius 3 is 2.18 bits per heavy atom. The Bertz CT molecular complexity index is 1190. The molecule has 0 saturated heterocycles. The summed E-state index contributed by atoms with van der Waals surface area (Å²) in [7, 11) is 0. The number of fused-ring (bicyclic) bond motifs is 3. The van der Waals surface area contributed by atoms with Crippen LogP contribution < -0.4 is 4.74 Å². The molecular formula is C25H16F2O. The molecule has 0 aromatic heterocycles. The van der Waals surface area contributed by atoms with Crippen molar-refractivity contribution in [3.63, 3.8) is 0 Å². The molecule has 0 spiro atoms. The second-order valence-electron chi connectivity index (χ2n) is 6.83. The molecule has 1 aliphatic heterocycles. The molecule has 1 aliphatic rings. The Morgan fingerprint density at radius 1 is 0.679 bits per heavy atom. The van der Waals surface area contributed by atoms with E-state index in [0.29, 0.717) is 11.3 Å². The van der Waals surface area contributed by atoms with E-state index in [2.05, 4.69) is 0 Å². The van der Waals surface area contributed by atoms with E-state index < -0.39 is 17.2 Å². The molecule has 5 rings (SSSR count). The van der Waals surface area contributed by atoms with Gasteiger partial charge in [-0.25, -0.2) is 8.78 Å². The summed E-state index contributed by atoms with van der Waals surface area (Å²) in [6, 6.07) is 24.9. The van der Waals surface area contributed by atoms with Crippen molar-refractivity contribution in [2.45, 2.75) is 5.60 Å². The normalized spacial score (nSPS) is 17.9. The molecule has 1 atom stereocenters. The highest BCUT2D eigenvalue weighted by Gasteiger charge is 2.41. The molecule has 4 aromatic carbocycles. The summed E-state index contributed by atoms with van der Waals surface area (Å²) in [6.07, 6.45) is 3.65. The van der Waals surface area contributed by atoms with Crippen molar-refractivity contribution in [3.05, 3.63) is 119 Å². The lowest BCUT2D eigenvalue weighted by Crippen LogP contribution is -2.36. The van der Waals surface area contributed by atoms with Crippen molar-refractivity contribution >= 4 is 16.8 Å². The highest BCUT2D eigenvalue weighted by atomic mass is 19.1. The van der Waals surface area contributed by atoms with Crippen LogP contribution in [-0.2, 0) is 5.60 Å². The molecule has 0 saturated carbocycles. The van der Waals surface area contributed by atoms with E-state index in [4.69, 9.17) is 4.74 Å². The third-order valence-electron chi connectivity index (χ3n) is 5.22. The highest BCUT2D eigenvalue weighted by molar-refractivity contribution is 5.94. The van der Waals surface area contributed by atoms with Gasteiger partial charge >= 0.3 is 0 Å². The third-order valence-corrected chi connectivity index (χ3v) is 5.22. The molecule has 0 amide bonds. The summed E-state index contributed by atoms with van der Waals surface area (Å²) in [5.74, 6) is -0.691. The molecule has 0 bridgehead atoms. The maximum atomic E-state index is 14.8. The van der Waals surface area contributed by atoms with Crippen LogP contribution >= 0.6 is 0 Å². The quantitative estimate of drug-likeness (QED) is 0.393. The summed E-state index contributed by atoms with van der Waals surface area (Å²) in [4.78, 5) is 0. The molecule has 4 aromatic rings. The minimum absolute atomic E-state index is 0.115. The Morgan fingerprint density at radius 2 is 1.39 bits per heavy atom. The minimum atomic E-state index is -1.38. The largest absolute Gasteiger partial charge is 0.473 e. The fourth-order valence-electron chi connectivity index (χ4n) is 3.92. The van der Waals surface area contributed by atoms with E-state index >= 15 is 0 Å². The number of benzene rings is 4. The van der Waals surface area contributed by atoms with Gasteiger partial charge in [0.25, 0.3) is 0 Å². The third kappa shape index (κ3) is 2.43. The molecule has 1 heterocycles. The Labute approximate surface area is 161 Å². The maximum Gasteiger partial charge on any atom is 0.183 e. The van der Waals surface area contributed by atoms with Gasteiger partial charge in [0.05, 0.1) is 5.56 Å². The van der Waals surface area contributed by atoms with Crippen LogP contribution in [0.5, 0.6) is 5.75 Å². The van der Waals surface area contributed by atoms with Crippen molar-refractivity contribution in [2.24, 2.45) is 0 Å². The molecule has 136 valence electrons. The molecule has 3 heteroatoms. The predicted octanol–water partition coefficient (Wildman–Crippen LogP) is 6.47. The number of ether oxygens (including phenoxy) is 1. The number of hydrogen-bond acceptors (Lipinski definition) is 1. The first-order valence-electron chi connectivity index (χ1n) is 9.09. The van der Waals surface area contributed by atoms with Crippen LogP contribution in [0.4, 0.5) is 8.78 Å². The van der Waals surface area contributed by atoms with Crippen molar-refractivity contribution in [1.29, 1.82) is 0 Å². The zero-order valence-corrected chi connectivity index (χ0v) is 14.9. The highest BCUT2D eigenvalue weighted by Crippen LogP contribution is 2.45. The SMILES string of the molecule is Fc1cccc(F)c1C1(c2ccccc2)C=Cc2c(ccc3ccccc23)O1. The lowest BCUT2D eigenvalue weighted by Gasteiger charge is -2.36. The van der Waals surface area contributed by atoms with Gasteiger partial charge in [0.1, 0.15) is 17.4 Å². The van der Waals surface area contributed by atoms with E-state index in [0.717, 1.165) is 16.3 Å².